The zero-order valence-electron chi connectivity index (χ0n) is 8.51. The molecule has 5 heteroatoms. The van der Waals surface area contributed by atoms with E-state index in [9.17, 15) is 4.79 Å². The maximum absolute atomic E-state index is 10.6. The van der Waals surface area contributed by atoms with Crippen molar-refractivity contribution in [2.75, 3.05) is 0 Å². The summed E-state index contributed by atoms with van der Waals surface area (Å²) in [7, 11) is 0. The molecular formula is C11H9IN2O2. The van der Waals surface area contributed by atoms with Gasteiger partial charge in [0.25, 0.3) is 0 Å². The monoisotopic (exact) mass is 328 g/mol. The number of carboxylic acid groups (broad SMARTS) is 1. The van der Waals surface area contributed by atoms with Crippen molar-refractivity contribution < 1.29 is 9.90 Å². The Balaban J connectivity index is 2.54. The van der Waals surface area contributed by atoms with E-state index >= 15 is 0 Å². The average molecular weight is 328 g/mol. The van der Waals surface area contributed by atoms with E-state index in [1.54, 1.807) is 13.1 Å². The van der Waals surface area contributed by atoms with Crippen molar-refractivity contribution in [3.05, 3.63) is 39.9 Å². The number of carbonyl (C=O) groups is 1. The molecule has 16 heavy (non-hydrogen) atoms. The van der Waals surface area contributed by atoms with Crippen LogP contribution >= 0.6 is 22.6 Å². The van der Waals surface area contributed by atoms with Gasteiger partial charge in [-0.2, -0.15) is 0 Å². The van der Waals surface area contributed by atoms with E-state index in [4.69, 9.17) is 5.11 Å². The van der Waals surface area contributed by atoms with Crippen LogP contribution in [-0.4, -0.2) is 20.5 Å². The molecular weight excluding hydrogens is 319 g/mol. The van der Waals surface area contributed by atoms with Crippen molar-refractivity contribution in [3.8, 4) is 0 Å². The highest BCUT2D eigenvalue weighted by Gasteiger charge is 2.03. The van der Waals surface area contributed by atoms with Crippen LogP contribution in [0, 0.1) is 3.70 Å². The summed E-state index contributed by atoms with van der Waals surface area (Å²) in [5.74, 6) is -0.932. The molecule has 2 rings (SSSR count). The maximum Gasteiger partial charge on any atom is 0.328 e. The van der Waals surface area contributed by atoms with Crippen LogP contribution in [0.2, 0.25) is 0 Å². The molecule has 0 amide bonds. The summed E-state index contributed by atoms with van der Waals surface area (Å²) >= 11 is 2.18. The molecule has 2 aromatic heterocycles. The van der Waals surface area contributed by atoms with Crippen LogP contribution in [0.15, 0.2) is 30.6 Å². The van der Waals surface area contributed by atoms with Gasteiger partial charge >= 0.3 is 5.97 Å². The Kier molecular flexibility index (Phi) is 2.95. The van der Waals surface area contributed by atoms with E-state index in [0.717, 1.165) is 20.5 Å². The van der Waals surface area contributed by atoms with Crippen molar-refractivity contribution in [1.82, 2.24) is 9.38 Å². The van der Waals surface area contributed by atoms with Crippen LogP contribution < -0.4 is 0 Å². The van der Waals surface area contributed by atoms with Gasteiger partial charge in [-0.1, -0.05) is 0 Å². The first-order valence-electron chi connectivity index (χ1n) is 4.62. The van der Waals surface area contributed by atoms with Crippen LogP contribution in [0.3, 0.4) is 0 Å². The number of imidazole rings is 1. The molecule has 0 bridgehead atoms. The van der Waals surface area contributed by atoms with Crippen LogP contribution in [0.4, 0.5) is 0 Å². The first-order valence-corrected chi connectivity index (χ1v) is 5.70. The lowest BCUT2D eigenvalue weighted by Gasteiger charge is -2.02. The molecule has 0 fully saturated rings. The van der Waals surface area contributed by atoms with E-state index in [2.05, 4.69) is 27.6 Å². The van der Waals surface area contributed by atoms with Crippen molar-refractivity contribution in [3.63, 3.8) is 0 Å². The minimum absolute atomic E-state index is 0.721. The molecule has 0 aliphatic carbocycles. The zero-order chi connectivity index (χ0) is 11.7. The predicted molar refractivity (Wildman–Crippen MR) is 69.2 cm³/mol. The van der Waals surface area contributed by atoms with Gasteiger partial charge in [-0.05, 0) is 52.8 Å². The van der Waals surface area contributed by atoms with Gasteiger partial charge in [0.05, 0.1) is 6.20 Å². The molecule has 0 atom stereocenters. The summed E-state index contributed by atoms with van der Waals surface area (Å²) in [4.78, 5) is 14.8. The van der Waals surface area contributed by atoms with Gasteiger partial charge < -0.3 is 5.11 Å². The third-order valence-corrected chi connectivity index (χ3v) is 3.05. The van der Waals surface area contributed by atoms with Crippen molar-refractivity contribution in [1.29, 1.82) is 0 Å². The molecule has 82 valence electrons. The lowest BCUT2D eigenvalue weighted by molar-refractivity contribution is -0.131. The predicted octanol–water partition coefficient (Wildman–Crippen LogP) is 2.43. The third-order valence-electron chi connectivity index (χ3n) is 2.26. The van der Waals surface area contributed by atoms with E-state index in [0.29, 0.717) is 0 Å². The largest absolute Gasteiger partial charge is 0.478 e. The summed E-state index contributed by atoms with van der Waals surface area (Å²) < 4.78 is 2.92. The number of halogens is 1. The van der Waals surface area contributed by atoms with E-state index < -0.39 is 5.97 Å². The summed E-state index contributed by atoms with van der Waals surface area (Å²) in [5, 5.41) is 8.68. The molecule has 2 aromatic rings. The Morgan fingerprint density at radius 2 is 2.31 bits per heavy atom. The first kappa shape index (κ1) is 11.1. The molecule has 0 saturated heterocycles. The second-order valence-electron chi connectivity index (χ2n) is 3.39. The van der Waals surface area contributed by atoms with Crippen LogP contribution in [0.25, 0.3) is 11.2 Å². The lowest BCUT2D eigenvalue weighted by Crippen LogP contribution is -1.93. The Bertz CT molecular complexity index is 587. The Morgan fingerprint density at radius 3 is 3.00 bits per heavy atom. The summed E-state index contributed by atoms with van der Waals surface area (Å²) in [5.41, 5.74) is 2.46. The van der Waals surface area contributed by atoms with Gasteiger partial charge in [-0.3, -0.25) is 4.40 Å². The number of hydrogen-bond donors (Lipinski definition) is 1. The maximum atomic E-state index is 10.6. The second kappa shape index (κ2) is 4.25. The topological polar surface area (TPSA) is 54.6 Å². The Labute approximate surface area is 106 Å². The Hall–Kier alpha value is -1.37. The fourth-order valence-electron chi connectivity index (χ4n) is 1.45. The first-order chi connectivity index (χ1) is 7.58. The number of fused-ring (bicyclic) bond motifs is 1. The number of rotatable bonds is 2. The van der Waals surface area contributed by atoms with Gasteiger partial charge in [-0.25, -0.2) is 9.78 Å². The highest BCUT2D eigenvalue weighted by Crippen LogP contribution is 2.16. The molecule has 2 heterocycles. The number of nitrogens with zero attached hydrogens (tertiary/aromatic N) is 2. The van der Waals surface area contributed by atoms with Crippen LogP contribution in [-0.2, 0) is 4.79 Å². The molecule has 0 aliphatic heterocycles. The highest BCUT2D eigenvalue weighted by atomic mass is 127. The van der Waals surface area contributed by atoms with Gasteiger partial charge in [0.15, 0.2) is 0 Å². The number of hydrogen-bond acceptors (Lipinski definition) is 2. The zero-order valence-corrected chi connectivity index (χ0v) is 10.7. The van der Waals surface area contributed by atoms with Gasteiger partial charge in [0.2, 0.25) is 0 Å². The standard InChI is InChI=1S/C11H9IN2O2/c1-7(4-11(15)16)8-2-3-10-13-5-9(12)14(10)6-8/h2-6H,1H3,(H,15,16)/b7-4-. The number of pyridine rings is 1. The van der Waals surface area contributed by atoms with Crippen LogP contribution in [0.1, 0.15) is 12.5 Å². The number of aromatic nitrogens is 2. The lowest BCUT2D eigenvalue weighted by atomic mass is 10.1. The number of aliphatic carboxylic acids is 1. The van der Waals surface area contributed by atoms with Crippen molar-refractivity contribution >= 4 is 39.8 Å². The summed E-state index contributed by atoms with van der Waals surface area (Å²) in [6.45, 7) is 1.78. The normalized spacial score (nSPS) is 12.0. The number of allylic oxidation sites excluding steroid dienone is 1. The molecule has 0 unspecified atom stereocenters. The van der Waals surface area contributed by atoms with E-state index in [-0.39, 0.29) is 0 Å². The minimum atomic E-state index is -0.932. The van der Waals surface area contributed by atoms with Gasteiger partial charge in [0.1, 0.15) is 9.35 Å². The second-order valence-corrected chi connectivity index (χ2v) is 4.50. The average Bonchev–Trinajstić information content (AvgIpc) is 2.59. The van der Waals surface area contributed by atoms with Crippen molar-refractivity contribution in [2.45, 2.75) is 6.92 Å². The fourth-order valence-corrected chi connectivity index (χ4v) is 1.98. The Morgan fingerprint density at radius 1 is 1.56 bits per heavy atom. The smallest absolute Gasteiger partial charge is 0.328 e. The highest BCUT2D eigenvalue weighted by molar-refractivity contribution is 14.1. The van der Waals surface area contributed by atoms with Gasteiger partial charge in [0, 0.05) is 12.3 Å². The summed E-state index contributed by atoms with van der Waals surface area (Å²) in [6, 6.07) is 3.74. The fraction of sp³-hybridized carbons (Fsp3) is 0.0909. The van der Waals surface area contributed by atoms with Crippen molar-refractivity contribution in [2.24, 2.45) is 0 Å². The van der Waals surface area contributed by atoms with Gasteiger partial charge in [-0.15, -0.1) is 0 Å². The molecule has 1 N–H and O–H groups in total. The quantitative estimate of drug-likeness (QED) is 0.680. The van der Waals surface area contributed by atoms with E-state index in [1.807, 2.05) is 22.7 Å². The molecule has 0 aromatic carbocycles. The molecule has 0 saturated carbocycles. The third kappa shape index (κ3) is 2.08. The summed E-state index contributed by atoms with van der Waals surface area (Å²) in [6.07, 6.45) is 4.86. The van der Waals surface area contributed by atoms with Crippen LogP contribution in [0.5, 0.6) is 0 Å². The molecule has 0 spiro atoms. The molecule has 0 aliphatic rings. The number of carboxylic acids is 1. The minimum Gasteiger partial charge on any atom is -0.478 e. The molecule has 4 nitrogen and oxygen atoms in total. The van der Waals surface area contributed by atoms with E-state index in [1.165, 1.54) is 6.08 Å². The molecule has 0 radical (unpaired) electrons. The SMILES string of the molecule is C/C(=C/C(=O)O)c1ccc2ncc(I)n2c1.